The summed E-state index contributed by atoms with van der Waals surface area (Å²) in [5.74, 6) is 0.529. The summed E-state index contributed by atoms with van der Waals surface area (Å²) < 4.78 is 5.74. The second-order valence-electron chi connectivity index (χ2n) is 4.21. The zero-order chi connectivity index (χ0) is 11.4. The van der Waals surface area contributed by atoms with Gasteiger partial charge in [-0.15, -0.1) is 0 Å². The summed E-state index contributed by atoms with van der Waals surface area (Å²) in [4.78, 5) is 8.17. The molecule has 0 spiro atoms. The number of rotatable bonds is 4. The Morgan fingerprint density at radius 1 is 1.50 bits per heavy atom. The van der Waals surface area contributed by atoms with Crippen LogP contribution in [0.15, 0.2) is 18.7 Å². The number of nitrogens with zero attached hydrogens (tertiary/aromatic N) is 2. The van der Waals surface area contributed by atoms with E-state index in [1.807, 2.05) is 19.4 Å². The Hall–Kier alpha value is -1.00. The average molecular weight is 221 g/mol. The zero-order valence-corrected chi connectivity index (χ0v) is 9.89. The van der Waals surface area contributed by atoms with E-state index < -0.39 is 0 Å². The molecule has 0 saturated carbocycles. The van der Waals surface area contributed by atoms with Crippen LogP contribution in [-0.4, -0.2) is 29.7 Å². The maximum atomic E-state index is 5.74. The lowest BCUT2D eigenvalue weighted by atomic mass is 9.88. The van der Waals surface area contributed by atoms with Crippen LogP contribution in [0.1, 0.15) is 31.4 Å². The Balaban J connectivity index is 2.16. The number of hydrogen-bond acceptors (Lipinski definition) is 4. The van der Waals surface area contributed by atoms with Crippen LogP contribution in [0, 0.1) is 5.92 Å². The summed E-state index contributed by atoms with van der Waals surface area (Å²) >= 11 is 0. The SMILES string of the molecule is CCC1OCCC1C(NC)c1cncnc1. The van der Waals surface area contributed by atoms with Crippen LogP contribution < -0.4 is 5.32 Å². The van der Waals surface area contributed by atoms with Crippen molar-refractivity contribution in [3.63, 3.8) is 0 Å². The largest absolute Gasteiger partial charge is 0.378 e. The minimum Gasteiger partial charge on any atom is -0.378 e. The quantitative estimate of drug-likeness (QED) is 0.838. The van der Waals surface area contributed by atoms with Gasteiger partial charge in [0, 0.05) is 36.5 Å². The van der Waals surface area contributed by atoms with Crippen molar-refractivity contribution in [1.29, 1.82) is 0 Å². The Morgan fingerprint density at radius 3 is 2.88 bits per heavy atom. The van der Waals surface area contributed by atoms with Crippen molar-refractivity contribution in [2.24, 2.45) is 5.92 Å². The molecular formula is C12H19N3O. The molecule has 1 aliphatic rings. The minimum atomic E-state index is 0.300. The first kappa shape index (κ1) is 11.5. The Labute approximate surface area is 96.4 Å². The highest BCUT2D eigenvalue weighted by atomic mass is 16.5. The van der Waals surface area contributed by atoms with Crippen LogP contribution in [0.3, 0.4) is 0 Å². The molecule has 1 N–H and O–H groups in total. The van der Waals surface area contributed by atoms with Gasteiger partial charge in [0.2, 0.25) is 0 Å². The summed E-state index contributed by atoms with van der Waals surface area (Å²) in [5.41, 5.74) is 1.15. The second-order valence-corrected chi connectivity index (χ2v) is 4.21. The summed E-state index contributed by atoms with van der Waals surface area (Å²) in [6, 6.07) is 0.300. The van der Waals surface area contributed by atoms with E-state index in [0.29, 0.717) is 18.1 Å². The van der Waals surface area contributed by atoms with E-state index in [1.165, 1.54) is 0 Å². The molecule has 1 fully saturated rings. The highest BCUT2D eigenvalue weighted by Gasteiger charge is 2.33. The molecule has 0 radical (unpaired) electrons. The number of ether oxygens (including phenoxy) is 1. The molecule has 1 aliphatic heterocycles. The zero-order valence-electron chi connectivity index (χ0n) is 9.89. The number of aromatic nitrogens is 2. The first-order valence-electron chi connectivity index (χ1n) is 5.90. The monoisotopic (exact) mass is 221 g/mol. The highest BCUT2D eigenvalue weighted by molar-refractivity contribution is 5.12. The fourth-order valence-electron chi connectivity index (χ4n) is 2.57. The lowest BCUT2D eigenvalue weighted by Crippen LogP contribution is -2.30. The van der Waals surface area contributed by atoms with Crippen molar-refractivity contribution < 1.29 is 4.74 Å². The molecule has 0 aromatic carbocycles. The molecule has 4 heteroatoms. The number of hydrogen-bond donors (Lipinski definition) is 1. The average Bonchev–Trinajstić information content (AvgIpc) is 2.80. The van der Waals surface area contributed by atoms with Gasteiger partial charge in [-0.3, -0.25) is 0 Å². The molecule has 2 heterocycles. The van der Waals surface area contributed by atoms with Gasteiger partial charge in [0.05, 0.1) is 6.10 Å². The van der Waals surface area contributed by atoms with Crippen molar-refractivity contribution in [3.05, 3.63) is 24.3 Å². The van der Waals surface area contributed by atoms with E-state index >= 15 is 0 Å². The molecule has 0 bridgehead atoms. The first-order valence-corrected chi connectivity index (χ1v) is 5.90. The molecule has 3 unspecified atom stereocenters. The number of nitrogens with one attached hydrogen (secondary N) is 1. The normalized spacial score (nSPS) is 26.9. The van der Waals surface area contributed by atoms with Gasteiger partial charge >= 0.3 is 0 Å². The van der Waals surface area contributed by atoms with Crippen molar-refractivity contribution in [3.8, 4) is 0 Å². The molecule has 3 atom stereocenters. The van der Waals surface area contributed by atoms with E-state index in [9.17, 15) is 0 Å². The molecule has 2 rings (SSSR count). The summed E-state index contributed by atoms with van der Waals surface area (Å²) in [7, 11) is 1.99. The van der Waals surface area contributed by atoms with Crippen molar-refractivity contribution in [2.45, 2.75) is 31.9 Å². The van der Waals surface area contributed by atoms with Crippen LogP contribution >= 0.6 is 0 Å². The molecule has 0 aliphatic carbocycles. The minimum absolute atomic E-state index is 0.300. The van der Waals surface area contributed by atoms with E-state index in [4.69, 9.17) is 4.74 Å². The lowest BCUT2D eigenvalue weighted by Gasteiger charge is -2.26. The van der Waals surface area contributed by atoms with Crippen molar-refractivity contribution >= 4 is 0 Å². The summed E-state index contributed by atoms with van der Waals surface area (Å²) in [6.45, 7) is 3.05. The molecule has 1 aromatic heterocycles. The van der Waals surface area contributed by atoms with Crippen LogP contribution in [0.5, 0.6) is 0 Å². The van der Waals surface area contributed by atoms with Gasteiger partial charge in [0.25, 0.3) is 0 Å². The van der Waals surface area contributed by atoms with Crippen molar-refractivity contribution in [2.75, 3.05) is 13.7 Å². The Morgan fingerprint density at radius 2 is 2.25 bits per heavy atom. The smallest absolute Gasteiger partial charge is 0.115 e. The van der Waals surface area contributed by atoms with Gasteiger partial charge in [0.15, 0.2) is 0 Å². The van der Waals surface area contributed by atoms with Crippen LogP contribution in [0.2, 0.25) is 0 Å². The molecule has 1 saturated heterocycles. The van der Waals surface area contributed by atoms with Crippen LogP contribution in [0.4, 0.5) is 0 Å². The maximum Gasteiger partial charge on any atom is 0.115 e. The fraction of sp³-hybridized carbons (Fsp3) is 0.667. The van der Waals surface area contributed by atoms with E-state index in [-0.39, 0.29) is 0 Å². The fourth-order valence-corrected chi connectivity index (χ4v) is 2.57. The van der Waals surface area contributed by atoms with E-state index in [1.54, 1.807) is 6.33 Å². The Bertz CT molecular complexity index is 317. The second kappa shape index (κ2) is 5.37. The molecule has 16 heavy (non-hydrogen) atoms. The van der Waals surface area contributed by atoms with Crippen molar-refractivity contribution in [1.82, 2.24) is 15.3 Å². The first-order chi connectivity index (χ1) is 7.86. The van der Waals surface area contributed by atoms with Gasteiger partial charge in [-0.05, 0) is 19.9 Å². The van der Waals surface area contributed by atoms with Gasteiger partial charge in [-0.2, -0.15) is 0 Å². The standard InChI is InChI=1S/C12H19N3O/c1-3-11-10(4-5-16-11)12(13-2)9-6-14-8-15-7-9/h6-8,10-13H,3-5H2,1-2H3. The third-order valence-corrected chi connectivity index (χ3v) is 3.34. The third kappa shape index (κ3) is 2.23. The molecule has 88 valence electrons. The van der Waals surface area contributed by atoms with Gasteiger partial charge < -0.3 is 10.1 Å². The molecule has 0 amide bonds. The predicted octanol–water partition coefficient (Wildman–Crippen LogP) is 1.55. The predicted molar refractivity (Wildman–Crippen MR) is 62.0 cm³/mol. The van der Waals surface area contributed by atoms with Crippen LogP contribution in [0.25, 0.3) is 0 Å². The van der Waals surface area contributed by atoms with Gasteiger partial charge in [-0.1, -0.05) is 6.92 Å². The van der Waals surface area contributed by atoms with E-state index in [2.05, 4.69) is 22.2 Å². The molecule has 4 nitrogen and oxygen atoms in total. The Kier molecular flexibility index (Phi) is 3.85. The highest BCUT2D eigenvalue weighted by Crippen LogP contribution is 2.33. The van der Waals surface area contributed by atoms with Gasteiger partial charge in [-0.25, -0.2) is 9.97 Å². The summed E-state index contributed by atoms with van der Waals surface area (Å²) in [6.07, 6.45) is 7.88. The van der Waals surface area contributed by atoms with Gasteiger partial charge in [0.1, 0.15) is 6.33 Å². The molecular weight excluding hydrogens is 202 g/mol. The van der Waals surface area contributed by atoms with Crippen LogP contribution in [-0.2, 0) is 4.74 Å². The summed E-state index contributed by atoms with van der Waals surface area (Å²) in [5, 5.41) is 3.36. The lowest BCUT2D eigenvalue weighted by molar-refractivity contribution is 0.0782. The topological polar surface area (TPSA) is 47.0 Å². The third-order valence-electron chi connectivity index (χ3n) is 3.34. The molecule has 1 aromatic rings. The van der Waals surface area contributed by atoms with E-state index in [0.717, 1.165) is 25.0 Å². The maximum absolute atomic E-state index is 5.74.